The molecule has 0 aromatic heterocycles. The molecule has 1 fully saturated rings. The first kappa shape index (κ1) is 11.8. The summed E-state index contributed by atoms with van der Waals surface area (Å²) in [6.07, 6.45) is 5.15. The Labute approximate surface area is 101 Å². The largest absolute Gasteiger partial charge is 0.507 e. The van der Waals surface area contributed by atoms with Crippen molar-refractivity contribution in [3.05, 3.63) is 24.3 Å². The van der Waals surface area contributed by atoms with Crippen molar-refractivity contribution in [1.82, 2.24) is 5.32 Å². The molecule has 0 amide bonds. The fourth-order valence-electron chi connectivity index (χ4n) is 2.09. The van der Waals surface area contributed by atoms with Crippen LogP contribution in [0.4, 0.5) is 0 Å². The number of hydrogen-bond acceptors (Lipinski definition) is 3. The van der Waals surface area contributed by atoms with Gasteiger partial charge in [-0.2, -0.15) is 0 Å². The first-order valence-corrected chi connectivity index (χ1v) is 6.99. The second-order valence-electron chi connectivity index (χ2n) is 4.25. The Kier molecular flexibility index (Phi) is 4.55. The van der Waals surface area contributed by atoms with Crippen molar-refractivity contribution in [1.29, 1.82) is 0 Å². The highest BCUT2D eigenvalue weighted by Crippen LogP contribution is 2.28. The number of para-hydroxylation sites is 1. The van der Waals surface area contributed by atoms with Gasteiger partial charge in [-0.15, -0.1) is 11.8 Å². The first-order chi connectivity index (χ1) is 7.86. The van der Waals surface area contributed by atoms with Crippen molar-refractivity contribution in [2.24, 2.45) is 0 Å². The maximum atomic E-state index is 9.59. The van der Waals surface area contributed by atoms with Gasteiger partial charge in [0, 0.05) is 10.9 Å². The van der Waals surface area contributed by atoms with Gasteiger partial charge in [-0.05, 0) is 50.1 Å². The monoisotopic (exact) mass is 237 g/mol. The van der Waals surface area contributed by atoms with Crippen molar-refractivity contribution in [2.45, 2.75) is 36.6 Å². The van der Waals surface area contributed by atoms with Gasteiger partial charge >= 0.3 is 0 Å². The molecule has 88 valence electrons. The van der Waals surface area contributed by atoms with Crippen molar-refractivity contribution >= 4 is 11.8 Å². The Bertz CT molecular complexity index is 323. The van der Waals surface area contributed by atoms with Crippen LogP contribution in [0.3, 0.4) is 0 Å². The van der Waals surface area contributed by atoms with Crippen LogP contribution in [0.15, 0.2) is 29.2 Å². The summed E-state index contributed by atoms with van der Waals surface area (Å²) in [7, 11) is 0. The Morgan fingerprint density at radius 3 is 3.00 bits per heavy atom. The summed E-state index contributed by atoms with van der Waals surface area (Å²) < 4.78 is 0. The Balaban J connectivity index is 1.66. The Morgan fingerprint density at radius 2 is 2.25 bits per heavy atom. The smallest absolute Gasteiger partial charge is 0.129 e. The molecule has 1 saturated heterocycles. The molecule has 0 aliphatic carbocycles. The third-order valence-corrected chi connectivity index (χ3v) is 4.13. The number of hydrogen-bond donors (Lipinski definition) is 2. The molecule has 1 aromatic carbocycles. The zero-order chi connectivity index (χ0) is 11.2. The molecule has 1 heterocycles. The predicted molar refractivity (Wildman–Crippen MR) is 69.1 cm³/mol. The predicted octanol–water partition coefficient (Wildman–Crippen LogP) is 3.02. The molecule has 1 aliphatic rings. The molecule has 2 rings (SSSR count). The van der Waals surface area contributed by atoms with Gasteiger partial charge in [-0.1, -0.05) is 12.1 Å². The minimum absolute atomic E-state index is 0.409. The standard InChI is InChI=1S/C13H19NOS/c15-12-7-1-2-8-13(12)16-10-4-6-11-5-3-9-14-11/h1-2,7-8,11,14-15H,3-6,9-10H2. The summed E-state index contributed by atoms with van der Waals surface area (Å²) in [5.74, 6) is 1.50. The van der Waals surface area contributed by atoms with E-state index in [2.05, 4.69) is 5.32 Å². The number of benzene rings is 1. The molecule has 1 aromatic rings. The fourth-order valence-corrected chi connectivity index (χ4v) is 3.02. The van der Waals surface area contributed by atoms with Crippen LogP contribution in [0.2, 0.25) is 0 Å². The van der Waals surface area contributed by atoms with Gasteiger partial charge in [0.1, 0.15) is 5.75 Å². The SMILES string of the molecule is Oc1ccccc1SCCCC1CCCN1. The molecule has 2 nitrogen and oxygen atoms in total. The second kappa shape index (κ2) is 6.16. The highest BCUT2D eigenvalue weighted by atomic mass is 32.2. The highest BCUT2D eigenvalue weighted by Gasteiger charge is 2.12. The van der Waals surface area contributed by atoms with Crippen LogP contribution in [0.25, 0.3) is 0 Å². The van der Waals surface area contributed by atoms with Crippen LogP contribution in [0.1, 0.15) is 25.7 Å². The van der Waals surface area contributed by atoms with Gasteiger partial charge in [0.05, 0.1) is 0 Å². The van der Waals surface area contributed by atoms with E-state index >= 15 is 0 Å². The Hall–Kier alpha value is -0.670. The van der Waals surface area contributed by atoms with E-state index < -0.39 is 0 Å². The van der Waals surface area contributed by atoms with Gasteiger partial charge in [-0.25, -0.2) is 0 Å². The van der Waals surface area contributed by atoms with Gasteiger partial charge in [0.2, 0.25) is 0 Å². The average molecular weight is 237 g/mol. The summed E-state index contributed by atoms with van der Waals surface area (Å²) in [6, 6.07) is 8.31. The molecule has 0 radical (unpaired) electrons. The van der Waals surface area contributed by atoms with E-state index in [0.717, 1.165) is 16.7 Å². The van der Waals surface area contributed by atoms with Crippen molar-refractivity contribution in [3.8, 4) is 5.75 Å². The summed E-state index contributed by atoms with van der Waals surface area (Å²) in [5, 5.41) is 13.1. The van der Waals surface area contributed by atoms with E-state index in [-0.39, 0.29) is 0 Å². The second-order valence-corrected chi connectivity index (χ2v) is 5.39. The third kappa shape index (κ3) is 3.42. The molecule has 1 aliphatic heterocycles. The minimum Gasteiger partial charge on any atom is -0.507 e. The number of nitrogens with one attached hydrogen (secondary N) is 1. The first-order valence-electron chi connectivity index (χ1n) is 6.00. The maximum Gasteiger partial charge on any atom is 0.129 e. The van der Waals surface area contributed by atoms with Crippen molar-refractivity contribution in [3.63, 3.8) is 0 Å². The molecule has 0 spiro atoms. The molecule has 3 heteroatoms. The molecule has 2 N–H and O–H groups in total. The summed E-state index contributed by atoms with van der Waals surface area (Å²) in [4.78, 5) is 1.00. The van der Waals surface area contributed by atoms with E-state index in [1.807, 2.05) is 18.2 Å². The lowest BCUT2D eigenvalue weighted by molar-refractivity contribution is 0.462. The van der Waals surface area contributed by atoms with Crippen molar-refractivity contribution in [2.75, 3.05) is 12.3 Å². The lowest BCUT2D eigenvalue weighted by atomic mass is 10.1. The normalized spacial score (nSPS) is 20.1. The van der Waals surface area contributed by atoms with Crippen LogP contribution in [-0.4, -0.2) is 23.4 Å². The molecule has 1 unspecified atom stereocenters. The van der Waals surface area contributed by atoms with E-state index in [0.29, 0.717) is 5.75 Å². The van der Waals surface area contributed by atoms with Gasteiger partial charge in [0.25, 0.3) is 0 Å². The quantitative estimate of drug-likeness (QED) is 0.610. The average Bonchev–Trinajstić information content (AvgIpc) is 2.79. The zero-order valence-corrected chi connectivity index (χ0v) is 10.3. The molecule has 0 bridgehead atoms. The van der Waals surface area contributed by atoms with Crippen molar-refractivity contribution < 1.29 is 5.11 Å². The third-order valence-electron chi connectivity index (χ3n) is 2.98. The van der Waals surface area contributed by atoms with E-state index in [1.54, 1.807) is 17.8 Å². The van der Waals surface area contributed by atoms with E-state index in [1.165, 1.54) is 32.2 Å². The molecule has 0 saturated carbocycles. The molecule has 16 heavy (non-hydrogen) atoms. The number of aromatic hydroxyl groups is 1. The Morgan fingerprint density at radius 1 is 1.38 bits per heavy atom. The molecular weight excluding hydrogens is 218 g/mol. The highest BCUT2D eigenvalue weighted by molar-refractivity contribution is 7.99. The van der Waals surface area contributed by atoms with Crippen LogP contribution in [-0.2, 0) is 0 Å². The van der Waals surface area contributed by atoms with Crippen LogP contribution in [0, 0.1) is 0 Å². The number of phenols is 1. The zero-order valence-electron chi connectivity index (χ0n) is 9.48. The van der Waals surface area contributed by atoms with Crippen LogP contribution < -0.4 is 5.32 Å². The number of thioether (sulfide) groups is 1. The number of rotatable bonds is 5. The van der Waals surface area contributed by atoms with Crippen LogP contribution >= 0.6 is 11.8 Å². The lowest BCUT2D eigenvalue weighted by Gasteiger charge is -2.09. The van der Waals surface area contributed by atoms with E-state index in [9.17, 15) is 5.11 Å². The minimum atomic E-state index is 0.409. The summed E-state index contributed by atoms with van der Waals surface area (Å²) >= 11 is 1.75. The van der Waals surface area contributed by atoms with Crippen LogP contribution in [0.5, 0.6) is 5.75 Å². The van der Waals surface area contributed by atoms with Gasteiger partial charge < -0.3 is 10.4 Å². The lowest BCUT2D eigenvalue weighted by Crippen LogP contribution is -2.20. The number of phenolic OH excluding ortho intramolecular Hbond substituents is 1. The molecular formula is C13H19NOS. The van der Waals surface area contributed by atoms with Gasteiger partial charge in [0.15, 0.2) is 0 Å². The maximum absolute atomic E-state index is 9.59. The summed E-state index contributed by atoms with van der Waals surface area (Å²) in [5.41, 5.74) is 0. The summed E-state index contributed by atoms with van der Waals surface area (Å²) in [6.45, 7) is 1.19. The van der Waals surface area contributed by atoms with E-state index in [4.69, 9.17) is 0 Å². The fraction of sp³-hybridized carbons (Fsp3) is 0.538. The van der Waals surface area contributed by atoms with Gasteiger partial charge in [-0.3, -0.25) is 0 Å². The molecule has 1 atom stereocenters. The topological polar surface area (TPSA) is 32.3 Å².